The number of carbonyl (C=O) groups is 17. The summed E-state index contributed by atoms with van der Waals surface area (Å²) in [7, 11) is 0. The zero-order valence-electron chi connectivity index (χ0n) is 72.0. The summed E-state index contributed by atoms with van der Waals surface area (Å²) in [6, 6.07) is -13.8. The minimum Gasteiger partial charge on any atom is -0.394 e. The van der Waals surface area contributed by atoms with Gasteiger partial charge in [0.2, 0.25) is 100 Å². The second-order valence-corrected chi connectivity index (χ2v) is 32.8. The third-order valence-electron chi connectivity index (χ3n) is 19.1. The van der Waals surface area contributed by atoms with Crippen LogP contribution < -0.4 is 102 Å². The van der Waals surface area contributed by atoms with Gasteiger partial charge in [-0.3, -0.25) is 81.5 Å². The van der Waals surface area contributed by atoms with Crippen LogP contribution in [-0.2, 0) is 87.9 Å². The van der Waals surface area contributed by atoms with Gasteiger partial charge in [0.15, 0.2) is 0 Å². The number of aliphatic hydroxyl groups excluding tert-OH is 5. The standard InChI is InChI=1S/C78H135N19O22S2/c1-16-41(6)59(94-78(119)63(47(12)102)97-77(118)60(44(9)99)85-48(13)103)74(115)82-37-58(104)86-52(28-32-120-14)68(109)89-53(29-33-121-15)70(111)96-62(46(11)101)76(117)91-54(34-39(2)3)71(112)87-50(26-20-22-30-79)67(108)84-42(7)65(106)83-43(8)66(107)90-56(36-49-24-18-17-19-25-49)73(114)88-51(27-21-23-31-80)69(110)95-61(45(10)100)75(116)92-55(35-40(4)5)72(113)93-57(38-98)64(81)105/h17-19,24-25,39-47,50-57,59-63,98-102H,16,20-23,26-38,79-80H2,1-15H3,(H2,81,105)(H,82,115)(H,83,106)(H,84,108)(H,85,103)(H,86,104)(H,87,112)(H,88,114)(H,89,109)(H,90,107)(H,91,117)(H,92,116)(H,93,113)(H,94,119)(H,95,110)(H,96,111)(H,97,118)/t41-,42-,43-,44+,45+,46+,47+,50-,51-,52-,53-,54-,55-,56-,57-,59-,60-,61-,62-,63-/m0/s1. The molecule has 0 heterocycles. The molecule has 0 saturated heterocycles. The highest BCUT2D eigenvalue weighted by molar-refractivity contribution is 7.98. The maximum absolute atomic E-state index is 14.5. The maximum Gasteiger partial charge on any atom is 0.245 e. The molecule has 0 saturated carbocycles. The number of unbranched alkanes of at least 4 members (excludes halogenated alkanes) is 2. The van der Waals surface area contributed by atoms with Crippen molar-refractivity contribution >= 4 is 124 Å². The monoisotopic (exact) mass is 1750 g/mol. The Morgan fingerprint density at radius 1 is 0.372 bits per heavy atom. The van der Waals surface area contributed by atoms with Crippen molar-refractivity contribution in [2.24, 2.45) is 35.0 Å². The zero-order valence-corrected chi connectivity index (χ0v) is 73.7. The van der Waals surface area contributed by atoms with Crippen LogP contribution in [0.5, 0.6) is 0 Å². The van der Waals surface area contributed by atoms with E-state index in [-0.39, 0.29) is 88.5 Å². The molecule has 0 unspecified atom stereocenters. The van der Waals surface area contributed by atoms with Crippen LogP contribution in [0.25, 0.3) is 0 Å². The predicted molar refractivity (Wildman–Crippen MR) is 452 cm³/mol. The highest BCUT2D eigenvalue weighted by Crippen LogP contribution is 2.16. The fraction of sp³-hybridized carbons (Fsp3) is 0.705. The summed E-state index contributed by atoms with van der Waals surface area (Å²) in [6.45, 7) is 17.5. The van der Waals surface area contributed by atoms with E-state index in [1.807, 2.05) is 0 Å². The Kier molecular flexibility index (Phi) is 52.4. The van der Waals surface area contributed by atoms with Crippen LogP contribution in [0, 0.1) is 17.8 Å². The number of nitrogens with one attached hydrogen (secondary N) is 16. The number of hydrogen-bond acceptors (Lipinski definition) is 26. The number of carbonyl (C=O) groups excluding carboxylic acids is 17. The maximum atomic E-state index is 14.5. The lowest BCUT2D eigenvalue weighted by Crippen LogP contribution is -2.62. The molecule has 121 heavy (non-hydrogen) atoms. The van der Waals surface area contributed by atoms with Crippen LogP contribution >= 0.6 is 23.5 Å². The fourth-order valence-corrected chi connectivity index (χ4v) is 12.9. The summed E-state index contributed by atoms with van der Waals surface area (Å²) in [5.41, 5.74) is 17.4. The fourth-order valence-electron chi connectivity index (χ4n) is 12.0. The molecule has 27 N–H and O–H groups in total. The first kappa shape index (κ1) is 110. The molecule has 1 aromatic carbocycles. The average Bonchev–Trinajstić information content (AvgIpc) is 0.855. The quantitative estimate of drug-likeness (QED) is 0.0270. The zero-order chi connectivity index (χ0) is 92.1. The van der Waals surface area contributed by atoms with Gasteiger partial charge in [-0.2, -0.15) is 23.5 Å². The molecule has 1 aromatic rings. The lowest BCUT2D eigenvalue weighted by Gasteiger charge is -2.29. The van der Waals surface area contributed by atoms with E-state index in [1.54, 1.807) is 84.4 Å². The van der Waals surface area contributed by atoms with Crippen LogP contribution in [0.2, 0.25) is 0 Å². The lowest BCUT2D eigenvalue weighted by atomic mass is 9.97. The van der Waals surface area contributed by atoms with Crippen molar-refractivity contribution in [2.45, 2.75) is 282 Å². The Morgan fingerprint density at radius 2 is 0.694 bits per heavy atom. The molecule has 0 radical (unpaired) electrons. The smallest absolute Gasteiger partial charge is 0.245 e. The Hall–Kier alpha value is -9.37. The normalized spacial score (nSPS) is 16.3. The molecule has 0 aromatic heterocycles. The molecule has 0 aliphatic rings. The van der Waals surface area contributed by atoms with Gasteiger partial charge in [-0.05, 0) is 166 Å². The SMILES string of the molecule is CC[C@H](C)[C@H](NC(=O)[C@@H](NC(=O)[C@@H](NC(C)=O)[C@@H](C)O)[C@@H](C)O)C(=O)NCC(=O)N[C@@H](CCSC)C(=O)N[C@@H](CCSC)C(=O)N[C@H](C(=O)N[C@@H](CC(C)C)C(=O)N[C@@H](CCCCN)C(=O)N[C@@H](C)C(=O)N[C@@H](C)C(=O)N[C@@H](Cc1ccccc1)C(=O)N[C@@H](CCCCN)C(=O)N[C@H](C(=O)N[C@@H](CC(C)C)C(=O)N[C@@H](CO)C(N)=O)[C@@H](C)O)[C@@H](C)O. The molecule has 20 atom stereocenters. The summed E-state index contributed by atoms with van der Waals surface area (Å²) in [4.78, 5) is 233. The summed E-state index contributed by atoms with van der Waals surface area (Å²) in [5, 5.41) is 92.1. The van der Waals surface area contributed by atoms with Crippen molar-refractivity contribution in [3.63, 3.8) is 0 Å². The average molecular weight is 1760 g/mol. The molecule has 686 valence electrons. The van der Waals surface area contributed by atoms with Gasteiger partial charge < -0.3 is 128 Å². The molecule has 43 heteroatoms. The van der Waals surface area contributed by atoms with E-state index >= 15 is 0 Å². The van der Waals surface area contributed by atoms with E-state index in [1.165, 1.54) is 65.1 Å². The first-order chi connectivity index (χ1) is 56.8. The molecular formula is C78H135N19O22S2. The van der Waals surface area contributed by atoms with Crippen molar-refractivity contribution in [1.29, 1.82) is 0 Å². The van der Waals surface area contributed by atoms with E-state index in [9.17, 15) is 107 Å². The van der Waals surface area contributed by atoms with Crippen molar-refractivity contribution in [1.82, 2.24) is 85.1 Å². The van der Waals surface area contributed by atoms with Gasteiger partial charge in [-0.25, -0.2) is 0 Å². The largest absolute Gasteiger partial charge is 0.394 e. The van der Waals surface area contributed by atoms with Gasteiger partial charge in [0.05, 0.1) is 37.6 Å². The summed E-state index contributed by atoms with van der Waals surface area (Å²) < 4.78 is 0. The van der Waals surface area contributed by atoms with Crippen molar-refractivity contribution in [3.8, 4) is 0 Å². The van der Waals surface area contributed by atoms with Crippen molar-refractivity contribution in [3.05, 3.63) is 35.9 Å². The van der Waals surface area contributed by atoms with Crippen LogP contribution in [0.1, 0.15) is 166 Å². The molecule has 0 spiro atoms. The number of aliphatic hydroxyl groups is 5. The minimum atomic E-state index is -1.78. The first-order valence-corrected chi connectivity index (χ1v) is 43.5. The Labute approximate surface area is 715 Å². The van der Waals surface area contributed by atoms with Gasteiger partial charge >= 0.3 is 0 Å². The molecule has 17 amide bonds. The number of rotatable bonds is 59. The highest BCUT2D eigenvalue weighted by atomic mass is 32.2. The van der Waals surface area contributed by atoms with Crippen LogP contribution in [0.3, 0.4) is 0 Å². The minimum absolute atomic E-state index is 0.00404. The Bertz CT molecular complexity index is 3530. The lowest BCUT2D eigenvalue weighted by molar-refractivity contribution is -0.137. The van der Waals surface area contributed by atoms with Gasteiger partial charge in [-0.1, -0.05) is 78.3 Å². The molecule has 0 aliphatic heterocycles. The third kappa shape index (κ3) is 41.4. The Morgan fingerprint density at radius 3 is 1.07 bits per heavy atom. The summed E-state index contributed by atoms with van der Waals surface area (Å²) in [5.74, 6) is -16.3. The molecule has 0 fully saturated rings. The van der Waals surface area contributed by atoms with Crippen LogP contribution in [0.15, 0.2) is 30.3 Å². The first-order valence-electron chi connectivity index (χ1n) is 40.7. The van der Waals surface area contributed by atoms with E-state index < -0.39 is 235 Å². The van der Waals surface area contributed by atoms with Gasteiger partial charge in [0.25, 0.3) is 0 Å². The molecular weight excluding hydrogens is 1620 g/mol. The van der Waals surface area contributed by atoms with E-state index in [4.69, 9.17) is 17.2 Å². The van der Waals surface area contributed by atoms with E-state index in [0.29, 0.717) is 30.6 Å². The summed E-state index contributed by atoms with van der Waals surface area (Å²) in [6.07, 6.45) is -1.51. The molecule has 0 aliphatic carbocycles. The number of benzene rings is 1. The molecule has 1 rings (SSSR count). The molecule has 41 nitrogen and oxygen atoms in total. The number of amides is 17. The number of nitrogens with two attached hydrogens (primary N) is 3. The summed E-state index contributed by atoms with van der Waals surface area (Å²) >= 11 is 2.62. The van der Waals surface area contributed by atoms with Crippen LogP contribution in [-0.4, -0.2) is 291 Å². The number of primary amides is 1. The van der Waals surface area contributed by atoms with Gasteiger partial charge in [0.1, 0.15) is 90.6 Å². The van der Waals surface area contributed by atoms with Crippen molar-refractivity contribution in [2.75, 3.05) is 50.3 Å². The topological polar surface area (TPSA) is 662 Å². The Balaban J connectivity index is 3.47. The van der Waals surface area contributed by atoms with Gasteiger partial charge in [-0.15, -0.1) is 0 Å². The third-order valence-corrected chi connectivity index (χ3v) is 20.4. The second kappa shape index (κ2) is 57.8. The number of thioether (sulfide) groups is 2. The predicted octanol–water partition coefficient (Wildman–Crippen LogP) is -6.42. The van der Waals surface area contributed by atoms with Gasteiger partial charge in [0, 0.05) is 13.3 Å². The van der Waals surface area contributed by atoms with E-state index in [0.717, 1.165) is 6.92 Å². The van der Waals surface area contributed by atoms with Crippen molar-refractivity contribution < 1.29 is 107 Å². The van der Waals surface area contributed by atoms with E-state index in [2.05, 4.69) is 85.1 Å². The van der Waals surface area contributed by atoms with Crippen LogP contribution in [0.4, 0.5) is 0 Å². The second-order valence-electron chi connectivity index (χ2n) is 30.9. The highest BCUT2D eigenvalue weighted by Gasteiger charge is 2.40. The number of hydrogen-bond donors (Lipinski definition) is 24. The molecule has 0 bridgehead atoms.